The molecule has 5 heteroatoms. The van der Waals surface area contributed by atoms with Gasteiger partial charge < -0.3 is 10.8 Å². The van der Waals surface area contributed by atoms with E-state index in [2.05, 4.69) is 15.9 Å². The molecule has 17 heavy (non-hydrogen) atoms. The molecular weight excluding hydrogens is 284 g/mol. The summed E-state index contributed by atoms with van der Waals surface area (Å²) in [7, 11) is 0. The summed E-state index contributed by atoms with van der Waals surface area (Å²) in [5.41, 5.74) is 6.92. The smallest absolute Gasteiger partial charge is 0.320 e. The number of likely N-dealkylation sites (tertiary alicyclic amines) is 1. The number of nitrogens with zero attached hydrogens (tertiary/aromatic N) is 1. The second kappa shape index (κ2) is 5.16. The third-order valence-corrected chi connectivity index (χ3v) is 3.49. The fraction of sp³-hybridized carbons (Fsp3) is 0.417. The van der Waals surface area contributed by atoms with Gasteiger partial charge in [-0.15, -0.1) is 0 Å². The van der Waals surface area contributed by atoms with Gasteiger partial charge in [0.2, 0.25) is 0 Å². The highest BCUT2D eigenvalue weighted by atomic mass is 79.9. The Morgan fingerprint density at radius 3 is 3.00 bits per heavy atom. The van der Waals surface area contributed by atoms with Gasteiger partial charge in [0.05, 0.1) is 0 Å². The molecule has 1 fully saturated rings. The first-order valence-electron chi connectivity index (χ1n) is 5.53. The molecule has 0 radical (unpaired) electrons. The minimum Gasteiger partial charge on any atom is -0.480 e. The van der Waals surface area contributed by atoms with Crippen LogP contribution in [0.5, 0.6) is 0 Å². The van der Waals surface area contributed by atoms with Gasteiger partial charge in [0.1, 0.15) is 6.04 Å². The summed E-state index contributed by atoms with van der Waals surface area (Å²) in [6.45, 7) is 1.27. The number of halogens is 1. The van der Waals surface area contributed by atoms with E-state index < -0.39 is 12.0 Å². The van der Waals surface area contributed by atoms with Gasteiger partial charge in [-0.1, -0.05) is 28.1 Å². The van der Waals surface area contributed by atoms with E-state index >= 15 is 0 Å². The average molecular weight is 299 g/mol. The van der Waals surface area contributed by atoms with Gasteiger partial charge >= 0.3 is 5.97 Å². The van der Waals surface area contributed by atoms with Crippen molar-refractivity contribution in [3.8, 4) is 0 Å². The number of hydrogen-bond acceptors (Lipinski definition) is 3. The summed E-state index contributed by atoms with van der Waals surface area (Å²) in [4.78, 5) is 13.0. The average Bonchev–Trinajstić information content (AvgIpc) is 2.59. The molecule has 2 unspecified atom stereocenters. The molecular formula is C12H15BrN2O2. The lowest BCUT2D eigenvalue weighted by Gasteiger charge is -2.20. The van der Waals surface area contributed by atoms with Crippen molar-refractivity contribution >= 4 is 21.9 Å². The second-order valence-electron chi connectivity index (χ2n) is 4.41. The molecule has 0 aliphatic carbocycles. The minimum atomic E-state index is -0.784. The number of carboxylic acid groups (broad SMARTS) is 1. The Labute approximate surface area is 109 Å². The predicted octanol–water partition coefficient (Wildman–Crippen LogP) is 1.44. The summed E-state index contributed by atoms with van der Waals surface area (Å²) >= 11 is 3.41. The molecule has 3 N–H and O–H groups in total. The van der Waals surface area contributed by atoms with E-state index in [4.69, 9.17) is 10.8 Å². The SMILES string of the molecule is NC1CC(C(=O)O)N(Cc2cccc(Br)c2)C1. The van der Waals surface area contributed by atoms with E-state index in [-0.39, 0.29) is 6.04 Å². The van der Waals surface area contributed by atoms with Gasteiger partial charge in [-0.2, -0.15) is 0 Å². The number of aliphatic carboxylic acids is 1. The van der Waals surface area contributed by atoms with Crippen molar-refractivity contribution in [1.82, 2.24) is 4.90 Å². The van der Waals surface area contributed by atoms with Crippen LogP contribution in [0.2, 0.25) is 0 Å². The Morgan fingerprint density at radius 1 is 1.59 bits per heavy atom. The van der Waals surface area contributed by atoms with Crippen LogP contribution in [0.1, 0.15) is 12.0 Å². The van der Waals surface area contributed by atoms with Crippen LogP contribution < -0.4 is 5.73 Å². The largest absolute Gasteiger partial charge is 0.480 e. The van der Waals surface area contributed by atoms with Crippen LogP contribution in [0.4, 0.5) is 0 Å². The predicted molar refractivity (Wildman–Crippen MR) is 68.6 cm³/mol. The molecule has 0 amide bonds. The standard InChI is InChI=1S/C12H15BrN2O2/c13-9-3-1-2-8(4-9)6-15-7-10(14)5-11(15)12(16)17/h1-4,10-11H,5-7,14H2,(H,16,17). The van der Waals surface area contributed by atoms with E-state index in [1.807, 2.05) is 29.2 Å². The highest BCUT2D eigenvalue weighted by Crippen LogP contribution is 2.21. The summed E-state index contributed by atoms with van der Waals surface area (Å²) in [6.07, 6.45) is 0.531. The van der Waals surface area contributed by atoms with Crippen molar-refractivity contribution in [3.05, 3.63) is 34.3 Å². The van der Waals surface area contributed by atoms with E-state index in [0.29, 0.717) is 19.5 Å². The summed E-state index contributed by atoms with van der Waals surface area (Å²) < 4.78 is 1.00. The van der Waals surface area contributed by atoms with Crippen LogP contribution in [0, 0.1) is 0 Å². The lowest BCUT2D eigenvalue weighted by Crippen LogP contribution is -2.35. The van der Waals surface area contributed by atoms with Crippen LogP contribution in [0.25, 0.3) is 0 Å². The zero-order valence-electron chi connectivity index (χ0n) is 9.34. The van der Waals surface area contributed by atoms with Crippen molar-refractivity contribution in [3.63, 3.8) is 0 Å². The maximum Gasteiger partial charge on any atom is 0.320 e. The third-order valence-electron chi connectivity index (χ3n) is 3.00. The lowest BCUT2D eigenvalue weighted by molar-refractivity contribution is -0.142. The number of carbonyl (C=O) groups is 1. The Bertz CT molecular complexity index is 425. The molecule has 92 valence electrons. The van der Waals surface area contributed by atoms with E-state index in [1.165, 1.54) is 0 Å². The van der Waals surface area contributed by atoms with Crippen LogP contribution in [-0.4, -0.2) is 34.6 Å². The quantitative estimate of drug-likeness (QED) is 0.886. The number of nitrogens with two attached hydrogens (primary N) is 1. The van der Waals surface area contributed by atoms with Gasteiger partial charge in [0.15, 0.2) is 0 Å². The minimum absolute atomic E-state index is 0.0387. The highest BCUT2D eigenvalue weighted by Gasteiger charge is 2.34. The van der Waals surface area contributed by atoms with Crippen molar-refractivity contribution in [2.24, 2.45) is 5.73 Å². The summed E-state index contributed by atoms with van der Waals surface area (Å²) in [5, 5.41) is 9.13. The monoisotopic (exact) mass is 298 g/mol. The first kappa shape index (κ1) is 12.5. The van der Waals surface area contributed by atoms with Gasteiger partial charge in [0.25, 0.3) is 0 Å². The summed E-state index contributed by atoms with van der Waals surface area (Å²) in [6, 6.07) is 7.40. The molecule has 0 spiro atoms. The molecule has 0 aromatic heterocycles. The fourth-order valence-corrected chi connectivity index (χ4v) is 2.69. The lowest BCUT2D eigenvalue weighted by atomic mass is 10.1. The topological polar surface area (TPSA) is 66.6 Å². The molecule has 1 saturated heterocycles. The second-order valence-corrected chi connectivity index (χ2v) is 5.32. The molecule has 4 nitrogen and oxygen atoms in total. The Morgan fingerprint density at radius 2 is 2.35 bits per heavy atom. The van der Waals surface area contributed by atoms with E-state index in [0.717, 1.165) is 10.0 Å². The van der Waals surface area contributed by atoms with Gasteiger partial charge in [-0.25, -0.2) is 0 Å². The van der Waals surface area contributed by atoms with Crippen molar-refractivity contribution in [1.29, 1.82) is 0 Å². The van der Waals surface area contributed by atoms with Crippen molar-refractivity contribution in [2.45, 2.75) is 25.0 Å². The normalized spacial score (nSPS) is 25.1. The number of carboxylic acids is 1. The highest BCUT2D eigenvalue weighted by molar-refractivity contribution is 9.10. The third kappa shape index (κ3) is 3.06. The molecule has 2 atom stereocenters. The van der Waals surface area contributed by atoms with Crippen LogP contribution >= 0.6 is 15.9 Å². The number of hydrogen-bond donors (Lipinski definition) is 2. The van der Waals surface area contributed by atoms with Gasteiger partial charge in [-0.05, 0) is 24.1 Å². The molecule has 0 saturated carbocycles. The Balaban J connectivity index is 2.09. The number of rotatable bonds is 3. The first-order chi connectivity index (χ1) is 8.06. The fourth-order valence-electron chi connectivity index (χ4n) is 2.24. The van der Waals surface area contributed by atoms with Gasteiger partial charge in [-0.3, -0.25) is 9.69 Å². The molecule has 1 heterocycles. The molecule has 1 aromatic carbocycles. The van der Waals surface area contributed by atoms with E-state index in [1.54, 1.807) is 0 Å². The van der Waals surface area contributed by atoms with E-state index in [9.17, 15) is 4.79 Å². The molecule has 2 rings (SSSR count). The molecule has 1 aromatic rings. The van der Waals surface area contributed by atoms with Crippen molar-refractivity contribution < 1.29 is 9.90 Å². The molecule has 0 bridgehead atoms. The first-order valence-corrected chi connectivity index (χ1v) is 6.32. The van der Waals surface area contributed by atoms with Crippen LogP contribution in [-0.2, 0) is 11.3 Å². The molecule has 1 aliphatic heterocycles. The van der Waals surface area contributed by atoms with Crippen LogP contribution in [0.3, 0.4) is 0 Å². The zero-order chi connectivity index (χ0) is 12.4. The van der Waals surface area contributed by atoms with Crippen LogP contribution in [0.15, 0.2) is 28.7 Å². The Hall–Kier alpha value is -0.910. The maximum atomic E-state index is 11.1. The Kier molecular flexibility index (Phi) is 3.81. The maximum absolute atomic E-state index is 11.1. The van der Waals surface area contributed by atoms with Crippen molar-refractivity contribution in [2.75, 3.05) is 6.54 Å². The molecule has 1 aliphatic rings. The zero-order valence-corrected chi connectivity index (χ0v) is 10.9. The number of benzene rings is 1. The van der Waals surface area contributed by atoms with Gasteiger partial charge in [0, 0.05) is 23.6 Å². The summed E-state index contributed by atoms with van der Waals surface area (Å²) in [5.74, 6) is -0.784.